The maximum atomic E-state index is 11.8. The molecule has 2 N–H and O–H groups in total. The van der Waals surface area contributed by atoms with E-state index in [2.05, 4.69) is 15.8 Å². The van der Waals surface area contributed by atoms with E-state index < -0.39 is 0 Å². The lowest BCUT2D eigenvalue weighted by Crippen LogP contribution is -2.33. The van der Waals surface area contributed by atoms with E-state index in [4.69, 9.17) is 4.52 Å². The highest BCUT2D eigenvalue weighted by Gasteiger charge is 2.20. The van der Waals surface area contributed by atoms with Crippen LogP contribution in [0.25, 0.3) is 0 Å². The van der Waals surface area contributed by atoms with Gasteiger partial charge >= 0.3 is 0 Å². The minimum Gasteiger partial charge on any atom is -0.361 e. The Labute approximate surface area is 94.6 Å². The summed E-state index contributed by atoms with van der Waals surface area (Å²) in [4.78, 5) is 11.8. The molecule has 0 bridgehead atoms. The van der Waals surface area contributed by atoms with Gasteiger partial charge in [-0.1, -0.05) is 5.16 Å². The second-order valence-electron chi connectivity index (χ2n) is 4.18. The van der Waals surface area contributed by atoms with Crippen molar-refractivity contribution < 1.29 is 9.32 Å². The third-order valence-electron chi connectivity index (χ3n) is 2.68. The van der Waals surface area contributed by atoms with Crippen molar-refractivity contribution in [2.75, 3.05) is 13.1 Å². The van der Waals surface area contributed by atoms with Gasteiger partial charge in [0.15, 0.2) is 0 Å². The molecule has 1 fully saturated rings. The zero-order valence-corrected chi connectivity index (χ0v) is 9.67. The first-order valence-electron chi connectivity index (χ1n) is 5.63. The highest BCUT2D eigenvalue weighted by molar-refractivity contribution is 5.96. The quantitative estimate of drug-likeness (QED) is 0.724. The highest BCUT2D eigenvalue weighted by Crippen LogP contribution is 2.17. The molecule has 0 radical (unpaired) electrons. The van der Waals surface area contributed by atoms with Gasteiger partial charge in [-0.25, -0.2) is 0 Å². The van der Waals surface area contributed by atoms with Crippen molar-refractivity contribution in [1.82, 2.24) is 15.8 Å². The molecule has 5 heteroatoms. The van der Waals surface area contributed by atoms with E-state index in [1.165, 1.54) is 12.8 Å². The first-order chi connectivity index (χ1) is 7.68. The SMILES string of the molecule is Cc1noc(C)c1C(=O)NCCNC1CC1. The summed E-state index contributed by atoms with van der Waals surface area (Å²) in [6, 6.07) is 0.677. The molecular formula is C11H17N3O2. The summed E-state index contributed by atoms with van der Waals surface area (Å²) in [5.74, 6) is 0.471. The second kappa shape index (κ2) is 4.65. The standard InChI is InChI=1S/C11H17N3O2/c1-7-10(8(2)16-14-7)11(15)13-6-5-12-9-3-4-9/h9,12H,3-6H2,1-2H3,(H,13,15). The molecule has 16 heavy (non-hydrogen) atoms. The van der Waals surface area contributed by atoms with Crippen molar-refractivity contribution in [1.29, 1.82) is 0 Å². The van der Waals surface area contributed by atoms with E-state index >= 15 is 0 Å². The molecule has 1 aliphatic rings. The maximum Gasteiger partial charge on any atom is 0.256 e. The minimum absolute atomic E-state index is 0.103. The van der Waals surface area contributed by atoms with Crippen LogP contribution in [0.15, 0.2) is 4.52 Å². The van der Waals surface area contributed by atoms with Crippen LogP contribution in [-0.4, -0.2) is 30.2 Å². The fourth-order valence-corrected chi connectivity index (χ4v) is 1.64. The first-order valence-corrected chi connectivity index (χ1v) is 5.63. The molecule has 0 aliphatic heterocycles. The van der Waals surface area contributed by atoms with Crippen LogP contribution in [0.2, 0.25) is 0 Å². The predicted octanol–water partition coefficient (Wildman–Crippen LogP) is 0.773. The third-order valence-corrected chi connectivity index (χ3v) is 2.68. The zero-order chi connectivity index (χ0) is 11.5. The molecule has 1 saturated carbocycles. The number of aryl methyl sites for hydroxylation is 2. The summed E-state index contributed by atoms with van der Waals surface area (Å²) in [7, 11) is 0. The number of carbonyl (C=O) groups excluding carboxylic acids is 1. The average molecular weight is 223 g/mol. The number of rotatable bonds is 5. The van der Waals surface area contributed by atoms with Crippen molar-refractivity contribution in [2.24, 2.45) is 0 Å². The fraction of sp³-hybridized carbons (Fsp3) is 0.636. The zero-order valence-electron chi connectivity index (χ0n) is 9.67. The van der Waals surface area contributed by atoms with E-state index in [0.717, 1.165) is 6.54 Å². The van der Waals surface area contributed by atoms with Crippen molar-refractivity contribution in [2.45, 2.75) is 32.7 Å². The van der Waals surface area contributed by atoms with Gasteiger partial charge < -0.3 is 15.2 Å². The van der Waals surface area contributed by atoms with E-state index in [1.807, 2.05) is 0 Å². The Morgan fingerprint density at radius 3 is 2.75 bits per heavy atom. The predicted molar refractivity (Wildman–Crippen MR) is 59.3 cm³/mol. The summed E-state index contributed by atoms with van der Waals surface area (Å²) in [6.45, 7) is 4.98. The van der Waals surface area contributed by atoms with Gasteiger partial charge in [0.1, 0.15) is 11.3 Å². The number of nitrogens with one attached hydrogen (secondary N) is 2. The van der Waals surface area contributed by atoms with Crippen LogP contribution in [0.4, 0.5) is 0 Å². The molecule has 1 aromatic rings. The summed E-state index contributed by atoms with van der Waals surface area (Å²) < 4.78 is 4.94. The maximum absolute atomic E-state index is 11.8. The van der Waals surface area contributed by atoms with Crippen LogP contribution < -0.4 is 10.6 Å². The Hall–Kier alpha value is -1.36. The van der Waals surface area contributed by atoms with Gasteiger partial charge in [-0.15, -0.1) is 0 Å². The van der Waals surface area contributed by atoms with Crippen LogP contribution in [0, 0.1) is 13.8 Å². The molecular weight excluding hydrogens is 206 g/mol. The van der Waals surface area contributed by atoms with Crippen molar-refractivity contribution in [3.05, 3.63) is 17.0 Å². The van der Waals surface area contributed by atoms with Crippen molar-refractivity contribution in [3.63, 3.8) is 0 Å². The molecule has 0 aromatic carbocycles. The van der Waals surface area contributed by atoms with E-state index in [-0.39, 0.29) is 5.91 Å². The van der Waals surface area contributed by atoms with Gasteiger partial charge in [0.25, 0.3) is 5.91 Å². The van der Waals surface area contributed by atoms with Gasteiger partial charge in [0, 0.05) is 19.1 Å². The third kappa shape index (κ3) is 2.61. The fourth-order valence-electron chi connectivity index (χ4n) is 1.64. The molecule has 1 heterocycles. The van der Waals surface area contributed by atoms with Crippen molar-refractivity contribution >= 4 is 5.91 Å². The topological polar surface area (TPSA) is 67.2 Å². The van der Waals surface area contributed by atoms with Crippen LogP contribution in [0.5, 0.6) is 0 Å². The Kier molecular flexibility index (Phi) is 3.24. The number of amides is 1. The van der Waals surface area contributed by atoms with E-state index in [0.29, 0.717) is 29.6 Å². The van der Waals surface area contributed by atoms with E-state index in [1.54, 1.807) is 13.8 Å². The summed E-state index contributed by atoms with van der Waals surface area (Å²) in [5, 5.41) is 9.93. The largest absolute Gasteiger partial charge is 0.361 e. The number of hydrogen-bond acceptors (Lipinski definition) is 4. The van der Waals surface area contributed by atoms with Gasteiger partial charge in [0.05, 0.1) is 5.69 Å². The molecule has 1 aliphatic carbocycles. The second-order valence-corrected chi connectivity index (χ2v) is 4.18. The van der Waals surface area contributed by atoms with Gasteiger partial charge in [-0.05, 0) is 26.7 Å². The lowest BCUT2D eigenvalue weighted by atomic mass is 10.2. The van der Waals surface area contributed by atoms with Crippen molar-refractivity contribution in [3.8, 4) is 0 Å². The molecule has 1 amide bonds. The molecule has 1 aromatic heterocycles. The van der Waals surface area contributed by atoms with Crippen LogP contribution in [0.3, 0.4) is 0 Å². The minimum atomic E-state index is -0.103. The Morgan fingerprint density at radius 1 is 1.44 bits per heavy atom. The molecule has 2 rings (SSSR count). The summed E-state index contributed by atoms with van der Waals surface area (Å²) in [6.07, 6.45) is 2.52. The normalized spacial score (nSPS) is 15.1. The number of carbonyl (C=O) groups is 1. The Balaban J connectivity index is 1.78. The summed E-state index contributed by atoms with van der Waals surface area (Å²) in [5.41, 5.74) is 1.21. The van der Waals surface area contributed by atoms with E-state index in [9.17, 15) is 4.79 Å². The smallest absolute Gasteiger partial charge is 0.256 e. The molecule has 0 unspecified atom stereocenters. The summed E-state index contributed by atoms with van der Waals surface area (Å²) >= 11 is 0. The molecule has 0 spiro atoms. The molecule has 88 valence electrons. The average Bonchev–Trinajstić information content (AvgIpc) is 3.00. The van der Waals surface area contributed by atoms with Crippen LogP contribution in [0.1, 0.15) is 34.7 Å². The molecule has 5 nitrogen and oxygen atoms in total. The lowest BCUT2D eigenvalue weighted by molar-refractivity contribution is 0.0952. The van der Waals surface area contributed by atoms with Gasteiger partial charge in [-0.2, -0.15) is 0 Å². The Morgan fingerprint density at radius 2 is 2.19 bits per heavy atom. The molecule has 0 saturated heterocycles. The number of aromatic nitrogens is 1. The lowest BCUT2D eigenvalue weighted by Gasteiger charge is -2.05. The van der Waals surface area contributed by atoms with Gasteiger partial charge in [-0.3, -0.25) is 4.79 Å². The van der Waals surface area contributed by atoms with Crippen LogP contribution in [-0.2, 0) is 0 Å². The first kappa shape index (κ1) is 11.1. The number of hydrogen-bond donors (Lipinski definition) is 2. The number of nitrogens with zero attached hydrogens (tertiary/aromatic N) is 1. The van der Waals surface area contributed by atoms with Gasteiger partial charge in [0.2, 0.25) is 0 Å². The molecule has 0 atom stereocenters. The monoisotopic (exact) mass is 223 g/mol. The Bertz CT molecular complexity index is 363. The van der Waals surface area contributed by atoms with Crippen LogP contribution >= 0.6 is 0 Å². The highest BCUT2D eigenvalue weighted by atomic mass is 16.5.